The summed E-state index contributed by atoms with van der Waals surface area (Å²) in [6.07, 6.45) is 0. The number of aryl methyl sites for hydroxylation is 2. The maximum absolute atomic E-state index is 12.8. The van der Waals surface area contributed by atoms with E-state index in [2.05, 4.69) is 15.9 Å². The van der Waals surface area contributed by atoms with Gasteiger partial charge >= 0.3 is 0 Å². The summed E-state index contributed by atoms with van der Waals surface area (Å²) in [5.41, 5.74) is 1.92. The first-order valence-corrected chi connectivity index (χ1v) is 8.17. The maximum Gasteiger partial charge on any atom is 0.135 e. The van der Waals surface area contributed by atoms with Crippen LogP contribution in [0.2, 0.25) is 0 Å². The van der Waals surface area contributed by atoms with E-state index in [4.69, 9.17) is 4.42 Å². The van der Waals surface area contributed by atoms with Gasteiger partial charge in [0.05, 0.1) is 15.7 Å². The van der Waals surface area contributed by atoms with Crippen LogP contribution in [0.25, 0.3) is 11.0 Å². The molecule has 1 heterocycles. The zero-order valence-corrected chi connectivity index (χ0v) is 13.5. The van der Waals surface area contributed by atoms with E-state index in [0.29, 0.717) is 5.76 Å². The lowest BCUT2D eigenvalue weighted by atomic mass is 10.2. The van der Waals surface area contributed by atoms with Crippen molar-refractivity contribution in [3.05, 3.63) is 58.3 Å². The molecule has 0 aliphatic heterocycles. The molecule has 0 N–H and O–H groups in total. The number of hydrogen-bond donors (Lipinski definition) is 0. The Morgan fingerprint density at radius 3 is 2.45 bits per heavy atom. The Labute approximate surface area is 128 Å². The molecule has 3 aromatic rings. The molecule has 0 unspecified atom stereocenters. The molecule has 0 aliphatic carbocycles. The van der Waals surface area contributed by atoms with E-state index in [1.54, 1.807) is 0 Å². The molecule has 1 atom stereocenters. The lowest BCUT2D eigenvalue weighted by Gasteiger charge is -2.02. The Bertz CT molecular complexity index is 803. The second-order valence-corrected chi connectivity index (χ2v) is 7.04. The molecule has 20 heavy (non-hydrogen) atoms. The quantitative estimate of drug-likeness (QED) is 0.653. The number of halogens is 1. The van der Waals surface area contributed by atoms with Gasteiger partial charge in [-0.05, 0) is 50.2 Å². The SMILES string of the molecule is Cc1ccc2oc(C)c([S@](=O)c3ccc(Br)cc3)c2c1. The van der Waals surface area contributed by atoms with Crippen molar-refractivity contribution in [3.8, 4) is 0 Å². The van der Waals surface area contributed by atoms with E-state index in [1.165, 1.54) is 0 Å². The summed E-state index contributed by atoms with van der Waals surface area (Å²) in [7, 11) is -1.23. The minimum atomic E-state index is -1.23. The summed E-state index contributed by atoms with van der Waals surface area (Å²) < 4.78 is 19.5. The highest BCUT2D eigenvalue weighted by Crippen LogP contribution is 2.32. The molecule has 0 saturated heterocycles. The minimum Gasteiger partial charge on any atom is -0.460 e. The van der Waals surface area contributed by atoms with Crippen molar-refractivity contribution < 1.29 is 8.63 Å². The third-order valence-corrected chi connectivity index (χ3v) is 5.28. The number of fused-ring (bicyclic) bond motifs is 1. The fourth-order valence-electron chi connectivity index (χ4n) is 2.22. The Morgan fingerprint density at radius 1 is 1.05 bits per heavy atom. The second kappa shape index (κ2) is 5.19. The van der Waals surface area contributed by atoms with Gasteiger partial charge in [-0.1, -0.05) is 27.6 Å². The van der Waals surface area contributed by atoms with Crippen molar-refractivity contribution in [1.82, 2.24) is 0 Å². The number of furan rings is 1. The van der Waals surface area contributed by atoms with Gasteiger partial charge in [0, 0.05) is 14.8 Å². The molecule has 0 amide bonds. The monoisotopic (exact) mass is 348 g/mol. The summed E-state index contributed by atoms with van der Waals surface area (Å²) in [5, 5.41) is 0.934. The second-order valence-electron chi connectivity index (χ2n) is 4.71. The summed E-state index contributed by atoms with van der Waals surface area (Å²) in [4.78, 5) is 1.55. The molecule has 3 rings (SSSR count). The topological polar surface area (TPSA) is 30.2 Å². The van der Waals surface area contributed by atoms with Gasteiger partial charge in [0.2, 0.25) is 0 Å². The van der Waals surface area contributed by atoms with Crippen LogP contribution in [0.15, 0.2) is 61.1 Å². The highest BCUT2D eigenvalue weighted by molar-refractivity contribution is 9.10. The highest BCUT2D eigenvalue weighted by atomic mass is 79.9. The van der Waals surface area contributed by atoms with E-state index in [9.17, 15) is 4.21 Å². The molecule has 0 aliphatic rings. The normalized spacial score (nSPS) is 12.8. The van der Waals surface area contributed by atoms with Crippen molar-refractivity contribution in [2.75, 3.05) is 0 Å². The van der Waals surface area contributed by atoms with Gasteiger partial charge in [0.15, 0.2) is 0 Å². The van der Waals surface area contributed by atoms with Gasteiger partial charge in [-0.3, -0.25) is 0 Å². The average molecular weight is 349 g/mol. The maximum atomic E-state index is 12.8. The molecule has 4 heteroatoms. The smallest absolute Gasteiger partial charge is 0.135 e. The van der Waals surface area contributed by atoms with Crippen LogP contribution >= 0.6 is 15.9 Å². The van der Waals surface area contributed by atoms with E-state index in [1.807, 2.05) is 56.3 Å². The Morgan fingerprint density at radius 2 is 1.75 bits per heavy atom. The van der Waals surface area contributed by atoms with Gasteiger partial charge < -0.3 is 4.42 Å². The van der Waals surface area contributed by atoms with Crippen LogP contribution in [-0.4, -0.2) is 4.21 Å². The first-order valence-electron chi connectivity index (χ1n) is 6.23. The van der Waals surface area contributed by atoms with Gasteiger partial charge in [-0.25, -0.2) is 4.21 Å². The molecule has 0 saturated carbocycles. The van der Waals surface area contributed by atoms with E-state index < -0.39 is 10.8 Å². The summed E-state index contributed by atoms with van der Waals surface area (Å²) in [6, 6.07) is 13.5. The van der Waals surface area contributed by atoms with Crippen molar-refractivity contribution in [2.24, 2.45) is 0 Å². The fraction of sp³-hybridized carbons (Fsp3) is 0.125. The van der Waals surface area contributed by atoms with Crippen LogP contribution < -0.4 is 0 Å². The van der Waals surface area contributed by atoms with Crippen LogP contribution in [0.5, 0.6) is 0 Å². The zero-order chi connectivity index (χ0) is 14.3. The number of rotatable bonds is 2. The molecular weight excluding hydrogens is 336 g/mol. The minimum absolute atomic E-state index is 0.715. The predicted molar refractivity (Wildman–Crippen MR) is 84.5 cm³/mol. The van der Waals surface area contributed by atoms with Crippen LogP contribution in [-0.2, 0) is 10.8 Å². The third-order valence-electron chi connectivity index (χ3n) is 3.18. The number of benzene rings is 2. The van der Waals surface area contributed by atoms with Crippen LogP contribution in [0.1, 0.15) is 11.3 Å². The van der Waals surface area contributed by atoms with E-state index in [-0.39, 0.29) is 0 Å². The van der Waals surface area contributed by atoms with Crippen LogP contribution in [0, 0.1) is 13.8 Å². The first-order chi connectivity index (χ1) is 9.56. The Balaban J connectivity index is 2.18. The fourth-order valence-corrected chi connectivity index (χ4v) is 3.76. The lowest BCUT2D eigenvalue weighted by molar-refractivity contribution is 0.566. The molecule has 102 valence electrons. The molecule has 0 fully saturated rings. The summed E-state index contributed by atoms with van der Waals surface area (Å²) in [6.45, 7) is 3.88. The Hall–Kier alpha value is -1.39. The molecular formula is C16H13BrO2S. The molecule has 0 bridgehead atoms. The highest BCUT2D eigenvalue weighted by Gasteiger charge is 2.18. The standard InChI is InChI=1S/C16H13BrO2S/c1-10-3-8-15-14(9-10)16(11(2)19-15)20(18)13-6-4-12(17)5-7-13/h3-9H,1-2H3/t20-/m1/s1. The van der Waals surface area contributed by atoms with Crippen molar-refractivity contribution >= 4 is 37.7 Å². The molecule has 0 radical (unpaired) electrons. The molecule has 2 aromatic carbocycles. The lowest BCUT2D eigenvalue weighted by Crippen LogP contribution is -1.93. The van der Waals surface area contributed by atoms with Crippen molar-refractivity contribution in [3.63, 3.8) is 0 Å². The molecule has 2 nitrogen and oxygen atoms in total. The van der Waals surface area contributed by atoms with Crippen LogP contribution in [0.3, 0.4) is 0 Å². The van der Waals surface area contributed by atoms with Gasteiger partial charge in [-0.2, -0.15) is 0 Å². The van der Waals surface area contributed by atoms with Gasteiger partial charge in [0.1, 0.15) is 11.3 Å². The van der Waals surface area contributed by atoms with Gasteiger partial charge in [-0.15, -0.1) is 0 Å². The first kappa shape index (κ1) is 13.6. The third kappa shape index (κ3) is 2.34. The molecule has 0 spiro atoms. The largest absolute Gasteiger partial charge is 0.460 e. The number of hydrogen-bond acceptors (Lipinski definition) is 2. The predicted octanol–water partition coefficient (Wildman–Crippen LogP) is 4.98. The van der Waals surface area contributed by atoms with Gasteiger partial charge in [0.25, 0.3) is 0 Å². The summed E-state index contributed by atoms with van der Waals surface area (Å²) in [5.74, 6) is 0.715. The van der Waals surface area contributed by atoms with E-state index >= 15 is 0 Å². The molecule has 1 aromatic heterocycles. The summed E-state index contributed by atoms with van der Waals surface area (Å²) >= 11 is 3.39. The van der Waals surface area contributed by atoms with Crippen LogP contribution in [0.4, 0.5) is 0 Å². The van der Waals surface area contributed by atoms with Crippen molar-refractivity contribution in [1.29, 1.82) is 0 Å². The van der Waals surface area contributed by atoms with Crippen molar-refractivity contribution in [2.45, 2.75) is 23.6 Å². The zero-order valence-electron chi connectivity index (χ0n) is 11.1. The van der Waals surface area contributed by atoms with E-state index in [0.717, 1.165) is 30.8 Å². The average Bonchev–Trinajstić information content (AvgIpc) is 2.74. The Kier molecular flexibility index (Phi) is 3.52.